The summed E-state index contributed by atoms with van der Waals surface area (Å²) in [6, 6.07) is 4.14. The van der Waals surface area contributed by atoms with Crippen LogP contribution in [0.5, 0.6) is 0 Å². The van der Waals surface area contributed by atoms with Gasteiger partial charge in [0.05, 0.1) is 0 Å². The first-order chi connectivity index (χ1) is 8.44. The molecule has 0 radical (unpaired) electrons. The van der Waals surface area contributed by atoms with Crippen molar-refractivity contribution >= 4 is 0 Å². The summed E-state index contributed by atoms with van der Waals surface area (Å²) in [5.74, 6) is -0.360. The van der Waals surface area contributed by atoms with Gasteiger partial charge in [0.1, 0.15) is 11.6 Å². The van der Waals surface area contributed by atoms with E-state index in [1.807, 2.05) is 0 Å². The van der Waals surface area contributed by atoms with Gasteiger partial charge in [0.25, 0.3) is 0 Å². The van der Waals surface area contributed by atoms with E-state index in [4.69, 9.17) is 0 Å². The zero-order valence-corrected chi connectivity index (χ0v) is 11.3. The van der Waals surface area contributed by atoms with Crippen molar-refractivity contribution in [1.29, 1.82) is 0 Å². The van der Waals surface area contributed by atoms with Crippen LogP contribution < -0.4 is 5.32 Å². The van der Waals surface area contributed by atoms with E-state index in [0.717, 1.165) is 12.6 Å². The van der Waals surface area contributed by atoms with Crippen LogP contribution in [0.4, 0.5) is 8.78 Å². The number of halogens is 2. The van der Waals surface area contributed by atoms with Crippen molar-refractivity contribution in [3.8, 4) is 0 Å². The van der Waals surface area contributed by atoms with Gasteiger partial charge in [-0.15, -0.1) is 0 Å². The molecular formula is C15H21F2N. The van der Waals surface area contributed by atoms with Gasteiger partial charge in [0.15, 0.2) is 0 Å². The van der Waals surface area contributed by atoms with E-state index in [1.165, 1.54) is 12.5 Å². The van der Waals surface area contributed by atoms with Crippen LogP contribution >= 0.6 is 0 Å². The third kappa shape index (κ3) is 2.89. The molecule has 2 unspecified atom stereocenters. The summed E-state index contributed by atoms with van der Waals surface area (Å²) in [6.07, 6.45) is 1.81. The minimum Gasteiger partial charge on any atom is -0.314 e. The first-order valence-corrected chi connectivity index (χ1v) is 6.61. The molecule has 18 heavy (non-hydrogen) atoms. The highest BCUT2D eigenvalue weighted by Crippen LogP contribution is 2.54. The first-order valence-electron chi connectivity index (χ1n) is 6.61. The van der Waals surface area contributed by atoms with Gasteiger partial charge in [-0.1, -0.05) is 26.8 Å². The molecule has 3 heteroatoms. The summed E-state index contributed by atoms with van der Waals surface area (Å²) in [4.78, 5) is 0. The topological polar surface area (TPSA) is 12.0 Å². The van der Waals surface area contributed by atoms with Crippen molar-refractivity contribution in [3.63, 3.8) is 0 Å². The van der Waals surface area contributed by atoms with Crippen molar-refractivity contribution in [2.24, 2.45) is 11.3 Å². The van der Waals surface area contributed by atoms with Crippen molar-refractivity contribution in [2.45, 2.75) is 39.7 Å². The van der Waals surface area contributed by atoms with Crippen LogP contribution in [-0.2, 0) is 6.42 Å². The lowest BCUT2D eigenvalue weighted by Gasteiger charge is -2.20. The van der Waals surface area contributed by atoms with E-state index in [0.29, 0.717) is 23.3 Å². The van der Waals surface area contributed by atoms with Crippen LogP contribution in [0.1, 0.15) is 32.8 Å². The van der Waals surface area contributed by atoms with E-state index >= 15 is 0 Å². The Bertz CT molecular complexity index is 429. The van der Waals surface area contributed by atoms with Gasteiger partial charge in [-0.2, -0.15) is 0 Å². The third-order valence-corrected chi connectivity index (χ3v) is 4.00. The van der Waals surface area contributed by atoms with Crippen molar-refractivity contribution in [1.82, 2.24) is 5.32 Å². The maximum Gasteiger partial charge on any atom is 0.129 e. The molecule has 1 aliphatic carbocycles. The van der Waals surface area contributed by atoms with Crippen LogP contribution in [0, 0.1) is 23.0 Å². The fourth-order valence-corrected chi connectivity index (χ4v) is 2.74. The molecule has 1 N–H and O–H groups in total. The maximum absolute atomic E-state index is 13.7. The normalized spacial score (nSPS) is 22.8. The van der Waals surface area contributed by atoms with Gasteiger partial charge in [0.2, 0.25) is 0 Å². The lowest BCUT2D eigenvalue weighted by Crippen LogP contribution is -2.34. The Hall–Kier alpha value is -0.960. The third-order valence-electron chi connectivity index (χ3n) is 4.00. The summed E-state index contributed by atoms with van der Waals surface area (Å²) in [5.41, 5.74) is 0.952. The summed E-state index contributed by atoms with van der Waals surface area (Å²) in [6.45, 7) is 7.41. The molecule has 0 spiro atoms. The molecule has 0 heterocycles. The predicted molar refractivity (Wildman–Crippen MR) is 69.4 cm³/mol. The minimum absolute atomic E-state index is 0.282. The van der Waals surface area contributed by atoms with E-state index in [-0.39, 0.29) is 6.04 Å². The molecule has 1 aromatic carbocycles. The lowest BCUT2D eigenvalue weighted by atomic mass is 9.97. The van der Waals surface area contributed by atoms with Crippen molar-refractivity contribution in [2.75, 3.05) is 6.54 Å². The molecule has 0 saturated heterocycles. The van der Waals surface area contributed by atoms with Crippen LogP contribution in [0.25, 0.3) is 0 Å². The molecular weight excluding hydrogens is 232 g/mol. The molecule has 1 saturated carbocycles. The number of nitrogens with one attached hydrogen (secondary N) is 1. The highest BCUT2D eigenvalue weighted by molar-refractivity contribution is 5.21. The summed E-state index contributed by atoms with van der Waals surface area (Å²) >= 11 is 0. The molecule has 2 atom stereocenters. The SMILES string of the molecule is CCNC(Cc1ccc(F)cc1F)C1CC1(C)C. The maximum atomic E-state index is 13.7. The molecule has 100 valence electrons. The second-order valence-electron chi connectivity index (χ2n) is 5.90. The van der Waals surface area contributed by atoms with Gasteiger partial charge in [-0.05, 0) is 42.3 Å². The van der Waals surface area contributed by atoms with Gasteiger partial charge < -0.3 is 5.32 Å². The molecule has 1 aliphatic rings. The van der Waals surface area contributed by atoms with Crippen LogP contribution in [0.15, 0.2) is 18.2 Å². The Morgan fingerprint density at radius 2 is 2.06 bits per heavy atom. The van der Waals surface area contributed by atoms with Crippen LogP contribution in [0.3, 0.4) is 0 Å². The molecule has 0 aromatic heterocycles. The Morgan fingerprint density at radius 1 is 1.39 bits per heavy atom. The highest BCUT2D eigenvalue weighted by Gasteiger charge is 2.49. The lowest BCUT2D eigenvalue weighted by molar-refractivity contribution is 0.404. The van der Waals surface area contributed by atoms with Gasteiger partial charge >= 0.3 is 0 Å². The summed E-state index contributed by atoms with van der Waals surface area (Å²) in [5, 5.41) is 3.43. The van der Waals surface area contributed by atoms with E-state index < -0.39 is 11.6 Å². The molecule has 1 nitrogen and oxygen atoms in total. The molecule has 2 rings (SSSR count). The Labute approximate surface area is 108 Å². The number of rotatable bonds is 5. The molecule has 0 bridgehead atoms. The second kappa shape index (κ2) is 4.96. The number of hydrogen-bond acceptors (Lipinski definition) is 1. The van der Waals surface area contributed by atoms with E-state index in [1.54, 1.807) is 6.07 Å². The van der Waals surface area contributed by atoms with Gasteiger partial charge in [-0.3, -0.25) is 0 Å². The van der Waals surface area contributed by atoms with Crippen LogP contribution in [0.2, 0.25) is 0 Å². The predicted octanol–water partition coefficient (Wildman–Crippen LogP) is 3.53. The quantitative estimate of drug-likeness (QED) is 0.846. The molecule has 1 aromatic rings. The summed E-state index contributed by atoms with van der Waals surface area (Å²) in [7, 11) is 0. The fraction of sp³-hybridized carbons (Fsp3) is 0.600. The van der Waals surface area contributed by atoms with E-state index in [9.17, 15) is 8.78 Å². The summed E-state index contributed by atoms with van der Waals surface area (Å²) < 4.78 is 26.5. The van der Waals surface area contributed by atoms with Crippen molar-refractivity contribution in [3.05, 3.63) is 35.4 Å². The van der Waals surface area contributed by atoms with Gasteiger partial charge in [0, 0.05) is 12.1 Å². The average molecular weight is 253 g/mol. The Balaban J connectivity index is 2.09. The van der Waals surface area contributed by atoms with Crippen molar-refractivity contribution < 1.29 is 8.78 Å². The number of benzene rings is 1. The average Bonchev–Trinajstić information content (AvgIpc) is 2.90. The standard InChI is InChI=1S/C15H21F2N/c1-4-18-14(12-9-15(12,2)3)7-10-5-6-11(16)8-13(10)17/h5-6,8,12,14,18H,4,7,9H2,1-3H3. The van der Waals surface area contributed by atoms with Gasteiger partial charge in [-0.25, -0.2) is 8.78 Å². The number of hydrogen-bond donors (Lipinski definition) is 1. The largest absolute Gasteiger partial charge is 0.314 e. The Morgan fingerprint density at radius 3 is 2.56 bits per heavy atom. The minimum atomic E-state index is -0.511. The zero-order valence-electron chi connectivity index (χ0n) is 11.3. The zero-order chi connectivity index (χ0) is 13.3. The molecule has 1 fully saturated rings. The van der Waals surface area contributed by atoms with E-state index in [2.05, 4.69) is 26.1 Å². The fourth-order valence-electron chi connectivity index (χ4n) is 2.74. The Kier molecular flexibility index (Phi) is 3.71. The van der Waals surface area contributed by atoms with Crippen LogP contribution in [-0.4, -0.2) is 12.6 Å². The monoisotopic (exact) mass is 253 g/mol. The smallest absolute Gasteiger partial charge is 0.129 e. The highest BCUT2D eigenvalue weighted by atomic mass is 19.1. The molecule has 0 aliphatic heterocycles. The second-order valence-corrected chi connectivity index (χ2v) is 5.90. The first kappa shape index (κ1) is 13.5. The number of likely N-dealkylation sites (N-methyl/N-ethyl adjacent to an activating group) is 1. The molecule has 0 amide bonds.